The summed E-state index contributed by atoms with van der Waals surface area (Å²) in [7, 11) is 0. The lowest BCUT2D eigenvalue weighted by molar-refractivity contribution is -0.0888. The van der Waals surface area contributed by atoms with Gasteiger partial charge in [-0.25, -0.2) is 4.68 Å². The van der Waals surface area contributed by atoms with Crippen LogP contribution in [0.5, 0.6) is 0 Å². The second-order valence-corrected chi connectivity index (χ2v) is 4.34. The molecule has 10 heteroatoms. The maximum absolute atomic E-state index is 12.2. The van der Waals surface area contributed by atoms with E-state index >= 15 is 0 Å². The molecule has 0 atom stereocenters. The zero-order valence-electron chi connectivity index (χ0n) is 11.1. The average Bonchev–Trinajstić information content (AvgIpc) is 3.04. The number of nitrogens with zero attached hydrogens (tertiary/aromatic N) is 5. The molecule has 0 spiro atoms. The Balaban J connectivity index is 2.02. The Bertz CT molecular complexity index is 619. The molecule has 7 nitrogen and oxygen atoms in total. The van der Waals surface area contributed by atoms with Crippen molar-refractivity contribution in [2.24, 2.45) is 0 Å². The van der Waals surface area contributed by atoms with E-state index in [-0.39, 0.29) is 12.4 Å². The van der Waals surface area contributed by atoms with E-state index in [2.05, 4.69) is 20.5 Å². The van der Waals surface area contributed by atoms with Crippen LogP contribution in [0, 0.1) is 0 Å². The number of Topliss-reactive ketones (excluding diaryl/α,β-unsaturated/α-hetero) is 1. The third-order valence-corrected chi connectivity index (χ3v) is 2.59. The van der Waals surface area contributed by atoms with Crippen LogP contribution in [0.3, 0.4) is 0 Å². The van der Waals surface area contributed by atoms with Crippen molar-refractivity contribution in [3.05, 3.63) is 23.6 Å². The van der Waals surface area contributed by atoms with Gasteiger partial charge in [-0.15, -0.1) is 5.10 Å². The summed E-state index contributed by atoms with van der Waals surface area (Å²) in [5.74, 6) is -1.32. The minimum atomic E-state index is -4.97. The molecule has 0 aromatic carbocycles. The molecule has 0 fully saturated rings. The molecule has 0 bridgehead atoms. The lowest BCUT2D eigenvalue weighted by atomic mass is 10.2. The highest BCUT2D eigenvalue weighted by atomic mass is 19.4. The first kappa shape index (κ1) is 15.1. The van der Waals surface area contributed by atoms with Crippen molar-refractivity contribution >= 4 is 5.78 Å². The van der Waals surface area contributed by atoms with Crippen LogP contribution in [0.1, 0.15) is 42.0 Å². The molecule has 0 saturated carbocycles. The zero-order chi connectivity index (χ0) is 15.5. The van der Waals surface area contributed by atoms with Gasteiger partial charge in [-0.05, 0) is 6.42 Å². The van der Waals surface area contributed by atoms with Gasteiger partial charge in [0.25, 0.3) is 5.78 Å². The van der Waals surface area contributed by atoms with Crippen LogP contribution >= 0.6 is 0 Å². The lowest BCUT2D eigenvalue weighted by Gasteiger charge is -1.99. The molecule has 0 aliphatic carbocycles. The van der Waals surface area contributed by atoms with E-state index in [1.807, 2.05) is 6.92 Å². The Morgan fingerprint density at radius 3 is 2.86 bits per heavy atom. The van der Waals surface area contributed by atoms with E-state index in [4.69, 9.17) is 4.52 Å². The van der Waals surface area contributed by atoms with Crippen LogP contribution in [0.15, 0.2) is 10.7 Å². The van der Waals surface area contributed by atoms with Gasteiger partial charge >= 0.3 is 6.18 Å². The standard InChI is InChI=1S/C11H12F3N5O2/c1-2-3-4-8-15-9(21-17-8)6-19-5-7(16-18-19)10(20)11(12,13)14/h5H,2-4,6H2,1H3. The molecule has 2 aromatic heterocycles. The summed E-state index contributed by atoms with van der Waals surface area (Å²) in [6, 6.07) is 0. The number of alkyl halides is 3. The van der Waals surface area contributed by atoms with Gasteiger partial charge in [0.2, 0.25) is 5.89 Å². The molecule has 114 valence electrons. The average molecular weight is 303 g/mol. The normalized spacial score (nSPS) is 11.8. The van der Waals surface area contributed by atoms with Crippen LogP contribution < -0.4 is 0 Å². The number of hydrogen-bond acceptors (Lipinski definition) is 6. The van der Waals surface area contributed by atoms with Crippen LogP contribution in [-0.4, -0.2) is 37.1 Å². The fourth-order valence-corrected chi connectivity index (χ4v) is 1.55. The summed E-state index contributed by atoms with van der Waals surface area (Å²) in [5, 5.41) is 10.4. The van der Waals surface area contributed by atoms with Gasteiger partial charge in [0, 0.05) is 6.42 Å². The molecule has 0 saturated heterocycles. The largest absolute Gasteiger partial charge is 0.456 e. The van der Waals surface area contributed by atoms with Crippen molar-refractivity contribution in [1.29, 1.82) is 0 Å². The highest BCUT2D eigenvalue weighted by molar-refractivity contribution is 5.98. The van der Waals surface area contributed by atoms with E-state index in [0.29, 0.717) is 12.2 Å². The highest BCUT2D eigenvalue weighted by Gasteiger charge is 2.41. The van der Waals surface area contributed by atoms with Crippen molar-refractivity contribution in [2.75, 3.05) is 0 Å². The Labute approximate surface area is 117 Å². The third kappa shape index (κ3) is 3.86. The molecule has 0 N–H and O–H groups in total. The molecule has 0 amide bonds. The van der Waals surface area contributed by atoms with Gasteiger partial charge in [0.15, 0.2) is 11.5 Å². The Morgan fingerprint density at radius 1 is 1.43 bits per heavy atom. The molecule has 0 unspecified atom stereocenters. The first-order valence-corrected chi connectivity index (χ1v) is 6.23. The number of carbonyl (C=O) groups is 1. The maximum Gasteiger partial charge on any atom is 0.456 e. The monoisotopic (exact) mass is 303 g/mol. The Hall–Kier alpha value is -2.26. The first-order valence-electron chi connectivity index (χ1n) is 6.23. The topological polar surface area (TPSA) is 86.7 Å². The van der Waals surface area contributed by atoms with E-state index < -0.39 is 17.7 Å². The smallest absolute Gasteiger partial charge is 0.337 e. The van der Waals surface area contributed by atoms with Gasteiger partial charge in [0.05, 0.1) is 6.20 Å². The lowest BCUT2D eigenvalue weighted by Crippen LogP contribution is -2.23. The quantitative estimate of drug-likeness (QED) is 0.756. The fraction of sp³-hybridized carbons (Fsp3) is 0.545. The van der Waals surface area contributed by atoms with Crippen LogP contribution in [0.4, 0.5) is 13.2 Å². The van der Waals surface area contributed by atoms with Gasteiger partial charge in [0.1, 0.15) is 6.54 Å². The first-order chi connectivity index (χ1) is 9.90. The number of unbranched alkanes of at least 4 members (excludes halogenated alkanes) is 1. The number of aromatic nitrogens is 5. The van der Waals surface area contributed by atoms with Crippen LogP contribution in [0.25, 0.3) is 0 Å². The van der Waals surface area contributed by atoms with Crippen LogP contribution in [-0.2, 0) is 13.0 Å². The van der Waals surface area contributed by atoms with Crippen LogP contribution in [0.2, 0.25) is 0 Å². The predicted molar refractivity (Wildman–Crippen MR) is 62.4 cm³/mol. The van der Waals surface area contributed by atoms with Gasteiger partial charge in [-0.2, -0.15) is 18.2 Å². The van der Waals surface area contributed by atoms with E-state index in [9.17, 15) is 18.0 Å². The molecule has 2 rings (SSSR count). The molecular formula is C11H12F3N5O2. The molecule has 0 aliphatic heterocycles. The highest BCUT2D eigenvalue weighted by Crippen LogP contribution is 2.19. The summed E-state index contributed by atoms with van der Waals surface area (Å²) in [5.41, 5.74) is -0.770. The SMILES string of the molecule is CCCCc1noc(Cn2cc(C(=O)C(F)(F)F)nn2)n1. The third-order valence-electron chi connectivity index (χ3n) is 2.59. The van der Waals surface area contributed by atoms with E-state index in [1.54, 1.807) is 0 Å². The molecule has 2 heterocycles. The maximum atomic E-state index is 12.2. The fourth-order valence-electron chi connectivity index (χ4n) is 1.55. The van der Waals surface area contributed by atoms with Crippen molar-refractivity contribution in [3.8, 4) is 0 Å². The van der Waals surface area contributed by atoms with E-state index in [0.717, 1.165) is 23.7 Å². The minimum Gasteiger partial charge on any atom is -0.337 e. The number of ketones is 1. The molecular weight excluding hydrogens is 291 g/mol. The second kappa shape index (κ2) is 6.02. The van der Waals surface area contributed by atoms with E-state index in [1.165, 1.54) is 0 Å². The molecule has 0 radical (unpaired) electrons. The second-order valence-electron chi connectivity index (χ2n) is 4.34. The van der Waals surface area contributed by atoms with Gasteiger partial charge in [-0.3, -0.25) is 4.79 Å². The molecule has 2 aromatic rings. The molecule has 0 aliphatic rings. The summed E-state index contributed by atoms with van der Waals surface area (Å²) < 4.78 is 42.7. The Morgan fingerprint density at radius 2 is 2.19 bits per heavy atom. The van der Waals surface area contributed by atoms with Crippen molar-refractivity contribution in [1.82, 2.24) is 25.1 Å². The predicted octanol–water partition coefficient (Wildman–Crippen LogP) is 1.80. The minimum absolute atomic E-state index is 0.0444. The van der Waals surface area contributed by atoms with Crippen molar-refractivity contribution < 1.29 is 22.5 Å². The number of halogens is 3. The number of carbonyl (C=O) groups excluding carboxylic acids is 1. The molecule has 21 heavy (non-hydrogen) atoms. The zero-order valence-corrected chi connectivity index (χ0v) is 11.1. The summed E-state index contributed by atoms with van der Waals surface area (Å²) >= 11 is 0. The van der Waals surface area contributed by atoms with Gasteiger partial charge < -0.3 is 4.52 Å². The van der Waals surface area contributed by atoms with Crippen molar-refractivity contribution in [3.63, 3.8) is 0 Å². The summed E-state index contributed by atoms with van der Waals surface area (Å²) in [6.07, 6.45) is -1.53. The Kier molecular flexibility index (Phi) is 4.34. The van der Waals surface area contributed by atoms with Gasteiger partial charge in [-0.1, -0.05) is 23.7 Å². The summed E-state index contributed by atoms with van der Waals surface area (Å²) in [6.45, 7) is 1.98. The number of hydrogen-bond donors (Lipinski definition) is 0. The summed E-state index contributed by atoms with van der Waals surface area (Å²) in [4.78, 5) is 15.0. The van der Waals surface area contributed by atoms with Crippen molar-refractivity contribution in [2.45, 2.75) is 38.9 Å². The number of rotatable bonds is 6. The number of aryl methyl sites for hydroxylation is 1.